The van der Waals surface area contributed by atoms with E-state index in [0.717, 1.165) is 12.2 Å². The fourth-order valence-electron chi connectivity index (χ4n) is 3.23. The predicted molar refractivity (Wildman–Crippen MR) is 91.8 cm³/mol. The number of hydrogen-bond donors (Lipinski definition) is 1. The minimum atomic E-state index is -3.14. The molecular formula is C16H22N2O3S2. The van der Waals surface area contributed by atoms with Crippen molar-refractivity contribution in [2.45, 2.75) is 30.2 Å². The van der Waals surface area contributed by atoms with Gasteiger partial charge in [0.15, 0.2) is 0 Å². The standard InChI is InChI=1S/C16H22N2O3S2/c1-23(20,21)18-9-6-12(7-10-18)16(19)17-14-8-11-22-15-5-3-2-4-13(14)15/h2-5,12,14H,6-11H2,1H3,(H,17,19)/t14-/m0/s1. The van der Waals surface area contributed by atoms with Crippen molar-refractivity contribution < 1.29 is 13.2 Å². The van der Waals surface area contributed by atoms with Gasteiger partial charge in [0, 0.05) is 29.7 Å². The number of sulfonamides is 1. The molecule has 0 unspecified atom stereocenters. The molecule has 1 N–H and O–H groups in total. The summed E-state index contributed by atoms with van der Waals surface area (Å²) >= 11 is 1.83. The zero-order valence-corrected chi connectivity index (χ0v) is 14.8. The van der Waals surface area contributed by atoms with Crippen molar-refractivity contribution in [2.24, 2.45) is 5.92 Å². The van der Waals surface area contributed by atoms with Crippen molar-refractivity contribution in [1.82, 2.24) is 9.62 Å². The Kier molecular flexibility index (Phi) is 4.98. The van der Waals surface area contributed by atoms with Gasteiger partial charge < -0.3 is 5.32 Å². The number of thioether (sulfide) groups is 1. The lowest BCUT2D eigenvalue weighted by atomic mass is 9.95. The van der Waals surface area contributed by atoms with Crippen LogP contribution < -0.4 is 5.32 Å². The molecule has 1 fully saturated rings. The van der Waals surface area contributed by atoms with Crippen LogP contribution in [0.4, 0.5) is 0 Å². The van der Waals surface area contributed by atoms with Gasteiger partial charge in [-0.2, -0.15) is 0 Å². The predicted octanol–water partition coefficient (Wildman–Crippen LogP) is 2.01. The number of nitrogens with zero attached hydrogens (tertiary/aromatic N) is 1. The summed E-state index contributed by atoms with van der Waals surface area (Å²) in [4.78, 5) is 13.8. The summed E-state index contributed by atoms with van der Waals surface area (Å²) in [6.45, 7) is 0.877. The van der Waals surface area contributed by atoms with Crippen LogP contribution in [0.5, 0.6) is 0 Å². The van der Waals surface area contributed by atoms with Crippen LogP contribution in [0.15, 0.2) is 29.2 Å². The lowest BCUT2D eigenvalue weighted by Gasteiger charge is -2.32. The fourth-order valence-corrected chi connectivity index (χ4v) is 5.23. The fraction of sp³-hybridized carbons (Fsp3) is 0.562. The van der Waals surface area contributed by atoms with Gasteiger partial charge in [0.2, 0.25) is 15.9 Å². The average Bonchev–Trinajstić information content (AvgIpc) is 2.54. The molecule has 0 aliphatic carbocycles. The van der Waals surface area contributed by atoms with Gasteiger partial charge in [-0.1, -0.05) is 18.2 Å². The van der Waals surface area contributed by atoms with E-state index in [9.17, 15) is 13.2 Å². The highest BCUT2D eigenvalue weighted by molar-refractivity contribution is 7.99. The molecule has 2 heterocycles. The highest BCUT2D eigenvalue weighted by atomic mass is 32.2. The van der Waals surface area contributed by atoms with Gasteiger partial charge in [-0.05, 0) is 30.9 Å². The van der Waals surface area contributed by atoms with Crippen molar-refractivity contribution in [3.8, 4) is 0 Å². The van der Waals surface area contributed by atoms with Gasteiger partial charge in [-0.3, -0.25) is 4.79 Å². The number of carbonyl (C=O) groups is 1. The Bertz CT molecular complexity index is 682. The first kappa shape index (κ1) is 16.8. The van der Waals surface area contributed by atoms with E-state index >= 15 is 0 Å². The summed E-state index contributed by atoms with van der Waals surface area (Å²) in [5.74, 6) is 0.980. The maximum Gasteiger partial charge on any atom is 0.223 e. The topological polar surface area (TPSA) is 66.5 Å². The number of rotatable bonds is 3. The lowest BCUT2D eigenvalue weighted by molar-refractivity contribution is -0.126. The summed E-state index contributed by atoms with van der Waals surface area (Å²) in [6.07, 6.45) is 3.36. The molecule has 126 valence electrons. The molecule has 1 aromatic rings. The second kappa shape index (κ2) is 6.83. The van der Waals surface area contributed by atoms with E-state index in [1.165, 1.54) is 21.0 Å². The molecule has 1 saturated heterocycles. The molecule has 1 amide bonds. The number of piperidine rings is 1. The zero-order valence-electron chi connectivity index (χ0n) is 13.2. The monoisotopic (exact) mass is 354 g/mol. The Hall–Kier alpha value is -1.05. The molecule has 2 aliphatic heterocycles. The SMILES string of the molecule is CS(=O)(=O)N1CCC(C(=O)N[C@H]2CCSc3ccccc32)CC1. The second-order valence-electron chi connectivity index (χ2n) is 6.17. The van der Waals surface area contributed by atoms with Crippen molar-refractivity contribution in [2.75, 3.05) is 25.1 Å². The number of benzene rings is 1. The third-order valence-electron chi connectivity index (χ3n) is 4.57. The molecule has 3 rings (SSSR count). The number of amides is 1. The van der Waals surface area contributed by atoms with E-state index in [1.54, 1.807) is 0 Å². The zero-order chi connectivity index (χ0) is 16.4. The Morgan fingerprint density at radius 1 is 1.22 bits per heavy atom. The summed E-state index contributed by atoms with van der Waals surface area (Å²) < 4.78 is 24.5. The van der Waals surface area contributed by atoms with Crippen molar-refractivity contribution in [1.29, 1.82) is 0 Å². The number of hydrogen-bond acceptors (Lipinski definition) is 4. The van der Waals surface area contributed by atoms with E-state index in [-0.39, 0.29) is 17.9 Å². The van der Waals surface area contributed by atoms with E-state index in [4.69, 9.17) is 0 Å². The van der Waals surface area contributed by atoms with E-state index in [1.807, 2.05) is 23.9 Å². The Balaban J connectivity index is 1.61. The molecule has 23 heavy (non-hydrogen) atoms. The first-order valence-electron chi connectivity index (χ1n) is 7.92. The van der Waals surface area contributed by atoms with Gasteiger partial charge in [-0.15, -0.1) is 11.8 Å². The molecule has 0 aromatic heterocycles. The first-order chi connectivity index (χ1) is 10.9. The summed E-state index contributed by atoms with van der Waals surface area (Å²) in [5, 5.41) is 3.18. The minimum Gasteiger partial charge on any atom is -0.349 e. The van der Waals surface area contributed by atoms with Crippen LogP contribution in [-0.4, -0.2) is 43.7 Å². The van der Waals surface area contributed by atoms with Crippen LogP contribution in [0.1, 0.15) is 30.9 Å². The van der Waals surface area contributed by atoms with E-state index in [2.05, 4.69) is 17.4 Å². The highest BCUT2D eigenvalue weighted by Crippen LogP contribution is 2.36. The van der Waals surface area contributed by atoms with E-state index < -0.39 is 10.0 Å². The highest BCUT2D eigenvalue weighted by Gasteiger charge is 2.31. The lowest BCUT2D eigenvalue weighted by Crippen LogP contribution is -2.43. The van der Waals surface area contributed by atoms with Gasteiger partial charge in [0.1, 0.15) is 0 Å². The van der Waals surface area contributed by atoms with Gasteiger partial charge in [-0.25, -0.2) is 12.7 Å². The number of nitrogens with one attached hydrogen (secondary N) is 1. The smallest absolute Gasteiger partial charge is 0.223 e. The third-order valence-corrected chi connectivity index (χ3v) is 6.99. The number of carbonyl (C=O) groups excluding carboxylic acids is 1. The second-order valence-corrected chi connectivity index (χ2v) is 9.29. The maximum absolute atomic E-state index is 12.5. The molecule has 1 aromatic carbocycles. The molecule has 5 nitrogen and oxygen atoms in total. The van der Waals surface area contributed by atoms with Crippen LogP contribution >= 0.6 is 11.8 Å². The molecule has 7 heteroatoms. The van der Waals surface area contributed by atoms with Crippen molar-refractivity contribution in [3.05, 3.63) is 29.8 Å². The van der Waals surface area contributed by atoms with Crippen molar-refractivity contribution in [3.63, 3.8) is 0 Å². The number of fused-ring (bicyclic) bond motifs is 1. The minimum absolute atomic E-state index is 0.0601. The molecule has 0 saturated carbocycles. The van der Waals surface area contributed by atoms with Gasteiger partial charge in [0.05, 0.1) is 12.3 Å². The largest absolute Gasteiger partial charge is 0.349 e. The molecule has 0 radical (unpaired) electrons. The van der Waals surface area contributed by atoms with Crippen LogP contribution in [0.25, 0.3) is 0 Å². The average molecular weight is 354 g/mol. The van der Waals surface area contributed by atoms with Crippen LogP contribution in [0.3, 0.4) is 0 Å². The third kappa shape index (κ3) is 3.89. The summed E-state index contributed by atoms with van der Waals surface area (Å²) in [5.41, 5.74) is 1.20. The molecule has 0 bridgehead atoms. The van der Waals surface area contributed by atoms with Crippen LogP contribution in [0.2, 0.25) is 0 Å². The Labute approximate surface area is 141 Å². The van der Waals surface area contributed by atoms with E-state index in [0.29, 0.717) is 25.9 Å². The Morgan fingerprint density at radius 2 is 1.91 bits per heavy atom. The molecular weight excluding hydrogens is 332 g/mol. The van der Waals surface area contributed by atoms with Crippen LogP contribution in [0, 0.1) is 5.92 Å². The quantitative estimate of drug-likeness (QED) is 0.902. The Morgan fingerprint density at radius 3 is 2.61 bits per heavy atom. The van der Waals surface area contributed by atoms with Crippen molar-refractivity contribution >= 4 is 27.7 Å². The van der Waals surface area contributed by atoms with Gasteiger partial charge >= 0.3 is 0 Å². The molecule has 2 aliphatic rings. The normalized spacial score (nSPS) is 23.3. The van der Waals surface area contributed by atoms with Crippen LogP contribution in [-0.2, 0) is 14.8 Å². The first-order valence-corrected chi connectivity index (χ1v) is 10.8. The maximum atomic E-state index is 12.5. The molecule has 0 spiro atoms. The summed E-state index contributed by atoms with van der Waals surface area (Å²) in [7, 11) is -3.14. The summed E-state index contributed by atoms with van der Waals surface area (Å²) in [6, 6.07) is 8.29. The molecule has 1 atom stereocenters. The van der Waals surface area contributed by atoms with Gasteiger partial charge in [0.25, 0.3) is 0 Å².